The summed E-state index contributed by atoms with van der Waals surface area (Å²) in [6.07, 6.45) is 5.02. The standard InChI is InChI=1S/C20H19N7/c1-13-7-8-15-5-2-6-16(18(15)26-13)27-20-17(21)19(24-12-25-20)23-11-14-4-3-9-22-10-14/h2-10,12H,11,21H2,1H3,(H2,23,24,25,27). The number of aromatic nitrogens is 4. The van der Waals surface area contributed by atoms with Gasteiger partial charge in [-0.3, -0.25) is 9.97 Å². The van der Waals surface area contributed by atoms with Crippen molar-refractivity contribution in [2.24, 2.45) is 0 Å². The minimum absolute atomic E-state index is 0.450. The van der Waals surface area contributed by atoms with Gasteiger partial charge in [-0.2, -0.15) is 0 Å². The zero-order valence-corrected chi connectivity index (χ0v) is 14.8. The first kappa shape index (κ1) is 16.7. The lowest BCUT2D eigenvalue weighted by atomic mass is 10.1. The summed E-state index contributed by atoms with van der Waals surface area (Å²) in [5.74, 6) is 1.11. The summed E-state index contributed by atoms with van der Waals surface area (Å²) in [4.78, 5) is 17.3. The van der Waals surface area contributed by atoms with Gasteiger partial charge < -0.3 is 16.4 Å². The topological polar surface area (TPSA) is 102 Å². The molecular weight excluding hydrogens is 338 g/mol. The first-order valence-electron chi connectivity index (χ1n) is 8.57. The zero-order chi connectivity index (χ0) is 18.6. The maximum absolute atomic E-state index is 6.28. The third-order valence-electron chi connectivity index (χ3n) is 4.18. The predicted molar refractivity (Wildman–Crippen MR) is 108 cm³/mol. The SMILES string of the molecule is Cc1ccc2cccc(Nc3ncnc(NCc4cccnc4)c3N)c2n1. The molecule has 0 aliphatic carbocycles. The minimum Gasteiger partial charge on any atom is -0.393 e. The lowest BCUT2D eigenvalue weighted by Gasteiger charge is -2.13. The van der Waals surface area contributed by atoms with Crippen LogP contribution in [0.1, 0.15) is 11.3 Å². The molecule has 27 heavy (non-hydrogen) atoms. The van der Waals surface area contributed by atoms with Crippen molar-refractivity contribution in [3.05, 3.63) is 72.4 Å². The number of nitrogens with one attached hydrogen (secondary N) is 2. The molecule has 7 heteroatoms. The molecule has 4 N–H and O–H groups in total. The van der Waals surface area contributed by atoms with Gasteiger partial charge in [-0.25, -0.2) is 9.97 Å². The fourth-order valence-corrected chi connectivity index (χ4v) is 2.80. The van der Waals surface area contributed by atoms with Gasteiger partial charge in [-0.1, -0.05) is 24.3 Å². The highest BCUT2D eigenvalue weighted by Crippen LogP contribution is 2.29. The first-order chi connectivity index (χ1) is 13.2. The van der Waals surface area contributed by atoms with Crippen molar-refractivity contribution in [1.29, 1.82) is 0 Å². The fraction of sp³-hybridized carbons (Fsp3) is 0.100. The summed E-state index contributed by atoms with van der Waals surface area (Å²) in [5, 5.41) is 7.57. The number of fused-ring (bicyclic) bond motifs is 1. The minimum atomic E-state index is 0.450. The molecule has 0 radical (unpaired) electrons. The van der Waals surface area contributed by atoms with Crippen molar-refractivity contribution in [3.63, 3.8) is 0 Å². The maximum atomic E-state index is 6.28. The molecule has 134 valence electrons. The van der Waals surface area contributed by atoms with E-state index in [-0.39, 0.29) is 0 Å². The van der Waals surface area contributed by atoms with E-state index in [0.29, 0.717) is 23.9 Å². The summed E-state index contributed by atoms with van der Waals surface area (Å²) in [6, 6.07) is 13.9. The second-order valence-electron chi connectivity index (χ2n) is 6.15. The van der Waals surface area contributed by atoms with Crippen LogP contribution in [0.25, 0.3) is 10.9 Å². The number of benzene rings is 1. The molecule has 0 unspecified atom stereocenters. The van der Waals surface area contributed by atoms with Crippen molar-refractivity contribution in [2.75, 3.05) is 16.4 Å². The number of nitrogens with zero attached hydrogens (tertiary/aromatic N) is 4. The Hall–Kier alpha value is -3.74. The van der Waals surface area contributed by atoms with Crippen molar-refractivity contribution >= 4 is 33.9 Å². The molecular formula is C20H19N7. The van der Waals surface area contributed by atoms with Crippen LogP contribution in [0.15, 0.2) is 61.2 Å². The van der Waals surface area contributed by atoms with E-state index < -0.39 is 0 Å². The van der Waals surface area contributed by atoms with Crippen LogP contribution in [-0.2, 0) is 6.54 Å². The van der Waals surface area contributed by atoms with Crippen LogP contribution in [0.2, 0.25) is 0 Å². The van der Waals surface area contributed by atoms with E-state index in [4.69, 9.17) is 5.73 Å². The highest BCUT2D eigenvalue weighted by Gasteiger charge is 2.10. The highest BCUT2D eigenvalue weighted by atomic mass is 15.1. The number of hydrogen-bond donors (Lipinski definition) is 3. The van der Waals surface area contributed by atoms with Gasteiger partial charge >= 0.3 is 0 Å². The number of nitrogens with two attached hydrogens (primary N) is 1. The van der Waals surface area contributed by atoms with Crippen molar-refractivity contribution in [2.45, 2.75) is 13.5 Å². The smallest absolute Gasteiger partial charge is 0.159 e. The Morgan fingerprint density at radius 1 is 1.00 bits per heavy atom. The Labute approximate surface area is 156 Å². The van der Waals surface area contributed by atoms with E-state index in [9.17, 15) is 0 Å². The molecule has 3 aromatic heterocycles. The van der Waals surface area contributed by atoms with E-state index in [0.717, 1.165) is 27.8 Å². The molecule has 0 saturated carbocycles. The summed E-state index contributed by atoms with van der Waals surface area (Å²) < 4.78 is 0. The van der Waals surface area contributed by atoms with Gasteiger partial charge in [0, 0.05) is 30.0 Å². The number of rotatable bonds is 5. The van der Waals surface area contributed by atoms with Gasteiger partial charge in [-0.15, -0.1) is 0 Å². The quantitative estimate of drug-likeness (QED) is 0.501. The Kier molecular flexibility index (Phi) is 4.49. The average molecular weight is 357 g/mol. The summed E-state index contributed by atoms with van der Waals surface area (Å²) in [6.45, 7) is 2.54. The molecule has 0 aliphatic rings. The van der Waals surface area contributed by atoms with Gasteiger partial charge in [0.1, 0.15) is 12.0 Å². The molecule has 7 nitrogen and oxygen atoms in total. The number of hydrogen-bond acceptors (Lipinski definition) is 7. The molecule has 0 spiro atoms. The molecule has 0 fully saturated rings. The van der Waals surface area contributed by atoms with Crippen LogP contribution in [0.5, 0.6) is 0 Å². The van der Waals surface area contributed by atoms with Crippen LogP contribution < -0.4 is 16.4 Å². The molecule has 0 saturated heterocycles. The van der Waals surface area contributed by atoms with Gasteiger partial charge in [-0.05, 0) is 30.7 Å². The molecule has 3 heterocycles. The van der Waals surface area contributed by atoms with Crippen LogP contribution in [-0.4, -0.2) is 19.9 Å². The Morgan fingerprint density at radius 2 is 1.89 bits per heavy atom. The van der Waals surface area contributed by atoms with Gasteiger partial charge in [0.15, 0.2) is 11.6 Å². The van der Waals surface area contributed by atoms with Crippen LogP contribution >= 0.6 is 0 Å². The molecule has 0 bridgehead atoms. The number of nitrogen functional groups attached to an aromatic ring is 1. The number of pyridine rings is 2. The van der Waals surface area contributed by atoms with Gasteiger partial charge in [0.25, 0.3) is 0 Å². The number of anilines is 4. The van der Waals surface area contributed by atoms with Gasteiger partial charge in [0.05, 0.1) is 11.2 Å². The Bertz CT molecular complexity index is 1080. The number of para-hydroxylation sites is 1. The highest BCUT2D eigenvalue weighted by molar-refractivity contribution is 5.93. The molecule has 4 rings (SSSR count). The third kappa shape index (κ3) is 3.62. The summed E-state index contributed by atoms with van der Waals surface area (Å²) >= 11 is 0. The lowest BCUT2D eigenvalue weighted by Crippen LogP contribution is -2.08. The van der Waals surface area contributed by atoms with E-state index in [1.807, 2.05) is 49.4 Å². The van der Waals surface area contributed by atoms with Crippen LogP contribution in [0.3, 0.4) is 0 Å². The Balaban J connectivity index is 1.61. The Morgan fingerprint density at radius 3 is 2.74 bits per heavy atom. The molecule has 0 atom stereocenters. The second-order valence-corrected chi connectivity index (χ2v) is 6.15. The van der Waals surface area contributed by atoms with E-state index in [2.05, 4.69) is 30.6 Å². The zero-order valence-electron chi connectivity index (χ0n) is 14.8. The molecule has 1 aromatic carbocycles. The summed E-state index contributed by atoms with van der Waals surface area (Å²) in [5.41, 5.74) is 10.4. The van der Waals surface area contributed by atoms with Crippen LogP contribution in [0.4, 0.5) is 23.0 Å². The predicted octanol–water partition coefficient (Wildman–Crippen LogP) is 3.67. The fourth-order valence-electron chi connectivity index (χ4n) is 2.80. The molecule has 0 amide bonds. The normalized spacial score (nSPS) is 10.7. The van der Waals surface area contributed by atoms with E-state index in [1.165, 1.54) is 6.33 Å². The number of aryl methyl sites for hydroxylation is 1. The first-order valence-corrected chi connectivity index (χ1v) is 8.57. The summed E-state index contributed by atoms with van der Waals surface area (Å²) in [7, 11) is 0. The maximum Gasteiger partial charge on any atom is 0.159 e. The van der Waals surface area contributed by atoms with Crippen LogP contribution in [0, 0.1) is 6.92 Å². The van der Waals surface area contributed by atoms with Crippen molar-refractivity contribution in [3.8, 4) is 0 Å². The molecule has 4 aromatic rings. The monoisotopic (exact) mass is 357 g/mol. The van der Waals surface area contributed by atoms with E-state index in [1.54, 1.807) is 12.4 Å². The van der Waals surface area contributed by atoms with Gasteiger partial charge in [0.2, 0.25) is 0 Å². The largest absolute Gasteiger partial charge is 0.393 e. The average Bonchev–Trinajstić information content (AvgIpc) is 2.70. The molecule has 0 aliphatic heterocycles. The second kappa shape index (κ2) is 7.25. The third-order valence-corrected chi connectivity index (χ3v) is 4.18. The van der Waals surface area contributed by atoms with Crippen molar-refractivity contribution < 1.29 is 0 Å². The van der Waals surface area contributed by atoms with Crippen molar-refractivity contribution in [1.82, 2.24) is 19.9 Å². The van der Waals surface area contributed by atoms with E-state index >= 15 is 0 Å². The lowest BCUT2D eigenvalue weighted by molar-refractivity contribution is 1.07.